The Hall–Kier alpha value is -1.25. The SMILES string of the molecule is C=C1C[C@@H]2CC[C@@]34C[C@H]5O[C@@H]6[C@@H](OC7CC[C@H](CC(=O)C[C@@H]8[C@@H](C)[C@@H](C[C@H](O)CNC)O[C@H]8C[C@H]8O[C@@H](CC[C@@H]1O2)C[C@@H](C)C8=C)O[C@@H]7[C@@H]6O3)[C@H]5O4. The van der Waals surface area contributed by atoms with Gasteiger partial charge in [0.25, 0.3) is 0 Å². The molecule has 0 aliphatic carbocycles. The Bertz CT molecular complexity index is 1380. The molecule has 0 aromatic rings. The summed E-state index contributed by atoms with van der Waals surface area (Å²) in [5.74, 6) is -0.148. The Balaban J connectivity index is 0.981. The van der Waals surface area contributed by atoms with Gasteiger partial charge in [-0.1, -0.05) is 27.0 Å². The van der Waals surface area contributed by atoms with Crippen molar-refractivity contribution < 1.29 is 47.8 Å². The van der Waals surface area contributed by atoms with Gasteiger partial charge in [-0.15, -0.1) is 0 Å². The van der Waals surface area contributed by atoms with E-state index in [9.17, 15) is 9.90 Å². The van der Waals surface area contributed by atoms with Crippen LogP contribution in [0.4, 0.5) is 0 Å². The fourth-order valence-electron chi connectivity index (χ4n) is 11.5. The minimum Gasteiger partial charge on any atom is -0.392 e. The molecule has 52 heavy (non-hydrogen) atoms. The third-order valence-corrected chi connectivity index (χ3v) is 14.3. The molecular weight excluding hydrogens is 666 g/mol. The standard InChI is InChI=1S/C41H61NO10/c1-20-12-26-6-8-30-21(2)13-28(45-30)10-11-41-18-35-37(51-41)38-39(50-35)40(52-41)36-31(49-38)9-7-27(47-36)14-24(43)15-29-23(4)32(16-25(44)19-42-5)48-34(29)17-33(46-26)22(20)3/h20,23,25-40,42,44H,2-3,6-19H2,1,4-5H3/t20-,23-,25+,26+,27-,28+,29-,30+,31?,32-,33-,34+,35-,36+,37+,38+,39-,40+,41+/m1/s1. The van der Waals surface area contributed by atoms with Crippen LogP contribution in [0.1, 0.15) is 97.3 Å². The predicted octanol–water partition coefficient (Wildman–Crippen LogP) is 4.32. The van der Waals surface area contributed by atoms with Crippen LogP contribution in [-0.2, 0) is 42.7 Å². The third kappa shape index (κ3) is 6.71. The van der Waals surface area contributed by atoms with Gasteiger partial charge in [0.1, 0.15) is 36.3 Å². The number of aliphatic hydroxyl groups is 1. The van der Waals surface area contributed by atoms with E-state index in [1.165, 1.54) is 0 Å². The van der Waals surface area contributed by atoms with Gasteiger partial charge in [0.15, 0.2) is 5.79 Å². The van der Waals surface area contributed by atoms with Crippen molar-refractivity contribution in [2.75, 3.05) is 13.6 Å². The van der Waals surface area contributed by atoms with Crippen molar-refractivity contribution in [2.24, 2.45) is 17.8 Å². The lowest BCUT2D eigenvalue weighted by Gasteiger charge is -2.47. The van der Waals surface area contributed by atoms with Crippen LogP contribution >= 0.6 is 0 Å². The number of Topliss-reactive ketones (excluding diaryl/α,β-unsaturated/α-hetero) is 1. The largest absolute Gasteiger partial charge is 0.392 e. The number of hydrogen-bond donors (Lipinski definition) is 2. The summed E-state index contributed by atoms with van der Waals surface area (Å²) in [7, 11) is 1.85. The molecule has 10 rings (SSSR count). The average molecular weight is 728 g/mol. The van der Waals surface area contributed by atoms with Crippen LogP contribution in [0.15, 0.2) is 24.3 Å². The molecule has 10 aliphatic heterocycles. The summed E-state index contributed by atoms with van der Waals surface area (Å²) in [6, 6.07) is 0. The van der Waals surface area contributed by atoms with E-state index < -0.39 is 11.9 Å². The number of ketones is 1. The zero-order valence-electron chi connectivity index (χ0n) is 31.3. The molecule has 10 aliphatic rings. The number of rotatable bonds is 4. The fourth-order valence-corrected chi connectivity index (χ4v) is 11.5. The maximum absolute atomic E-state index is 14.1. The number of ether oxygens (including phenoxy) is 8. The second kappa shape index (κ2) is 14.4. The smallest absolute Gasteiger partial charge is 0.172 e. The van der Waals surface area contributed by atoms with Gasteiger partial charge in [0, 0.05) is 45.1 Å². The van der Waals surface area contributed by atoms with Crippen molar-refractivity contribution in [3.05, 3.63) is 24.3 Å². The van der Waals surface area contributed by atoms with E-state index in [-0.39, 0.29) is 103 Å². The van der Waals surface area contributed by atoms with Crippen LogP contribution in [0.2, 0.25) is 0 Å². The molecule has 2 N–H and O–H groups in total. The summed E-state index contributed by atoms with van der Waals surface area (Å²) in [6.45, 7) is 13.9. The summed E-state index contributed by atoms with van der Waals surface area (Å²) in [5.41, 5.74) is 2.26. The second-order valence-corrected chi connectivity index (χ2v) is 17.9. The Kier molecular flexibility index (Phi) is 10.0. The summed E-state index contributed by atoms with van der Waals surface area (Å²) in [6.07, 6.45) is 6.85. The first-order chi connectivity index (χ1) is 25.1. The first-order valence-corrected chi connectivity index (χ1v) is 20.6. The molecule has 10 saturated heterocycles. The fraction of sp³-hybridized carbons (Fsp3) is 0.878. The van der Waals surface area contributed by atoms with Crippen LogP contribution in [0, 0.1) is 17.8 Å². The van der Waals surface area contributed by atoms with Crippen LogP contribution in [0.5, 0.6) is 0 Å². The van der Waals surface area contributed by atoms with Crippen molar-refractivity contribution in [1.82, 2.24) is 5.32 Å². The van der Waals surface area contributed by atoms with Gasteiger partial charge in [0.05, 0.1) is 61.0 Å². The minimum atomic E-state index is -0.762. The van der Waals surface area contributed by atoms with Crippen LogP contribution in [-0.4, -0.2) is 122 Å². The molecule has 11 nitrogen and oxygen atoms in total. The second-order valence-electron chi connectivity index (χ2n) is 17.9. The highest BCUT2D eigenvalue weighted by molar-refractivity contribution is 5.79. The Morgan fingerprint density at radius 3 is 2.37 bits per heavy atom. The lowest BCUT2D eigenvalue weighted by molar-refractivity contribution is -0.292. The van der Waals surface area contributed by atoms with E-state index >= 15 is 0 Å². The lowest BCUT2D eigenvalue weighted by Crippen LogP contribution is -2.61. The first kappa shape index (κ1) is 36.4. The number of fused-ring (bicyclic) bond motifs is 6. The molecule has 10 heterocycles. The third-order valence-electron chi connectivity index (χ3n) is 14.3. The summed E-state index contributed by atoms with van der Waals surface area (Å²) < 4.78 is 54.2. The lowest BCUT2D eigenvalue weighted by atomic mass is 9.78. The first-order valence-electron chi connectivity index (χ1n) is 20.6. The van der Waals surface area contributed by atoms with Crippen LogP contribution < -0.4 is 5.32 Å². The highest BCUT2D eigenvalue weighted by atomic mass is 16.8. The number of nitrogens with one attached hydrogen (secondary N) is 1. The molecule has 1 spiro atoms. The zero-order valence-corrected chi connectivity index (χ0v) is 31.3. The summed E-state index contributed by atoms with van der Waals surface area (Å²) in [5, 5.41) is 13.8. The zero-order chi connectivity index (χ0) is 35.9. The Morgan fingerprint density at radius 1 is 0.769 bits per heavy atom. The van der Waals surface area contributed by atoms with Crippen molar-refractivity contribution in [1.29, 1.82) is 0 Å². The number of likely N-dealkylation sites (N-methyl/N-ethyl adjacent to an activating group) is 1. The molecule has 0 amide bonds. The van der Waals surface area contributed by atoms with Gasteiger partial charge in [0.2, 0.25) is 0 Å². The quantitative estimate of drug-likeness (QED) is 0.403. The van der Waals surface area contributed by atoms with Gasteiger partial charge in [-0.25, -0.2) is 0 Å². The normalized spacial score (nSPS) is 52.4. The molecule has 19 atom stereocenters. The molecule has 0 radical (unpaired) electrons. The van der Waals surface area contributed by atoms with Crippen molar-refractivity contribution in [3.8, 4) is 0 Å². The van der Waals surface area contributed by atoms with Gasteiger partial charge < -0.3 is 48.3 Å². The van der Waals surface area contributed by atoms with Gasteiger partial charge in [-0.3, -0.25) is 4.79 Å². The molecule has 11 heteroatoms. The molecule has 290 valence electrons. The van der Waals surface area contributed by atoms with E-state index in [4.69, 9.17) is 37.9 Å². The number of carbonyl (C=O) groups excluding carboxylic acids is 1. The Morgan fingerprint density at radius 2 is 1.52 bits per heavy atom. The molecule has 0 aromatic heterocycles. The number of aliphatic hydroxyl groups excluding tert-OH is 1. The van der Waals surface area contributed by atoms with Crippen molar-refractivity contribution in [2.45, 2.75) is 195 Å². The van der Waals surface area contributed by atoms with E-state index in [0.717, 1.165) is 56.1 Å². The maximum atomic E-state index is 14.1. The van der Waals surface area contributed by atoms with Gasteiger partial charge in [-0.05, 0) is 80.9 Å². The average Bonchev–Trinajstić information content (AvgIpc) is 3.77. The van der Waals surface area contributed by atoms with E-state index in [1.54, 1.807) is 0 Å². The molecular formula is C41H61NO10. The molecule has 1 unspecified atom stereocenters. The molecule has 0 aromatic carbocycles. The van der Waals surface area contributed by atoms with Gasteiger partial charge >= 0.3 is 0 Å². The molecule has 10 fully saturated rings. The van der Waals surface area contributed by atoms with Crippen molar-refractivity contribution >= 4 is 5.78 Å². The number of carbonyl (C=O) groups is 1. The van der Waals surface area contributed by atoms with Crippen LogP contribution in [0.3, 0.4) is 0 Å². The van der Waals surface area contributed by atoms with Crippen LogP contribution in [0.25, 0.3) is 0 Å². The van der Waals surface area contributed by atoms with E-state index in [0.29, 0.717) is 51.0 Å². The molecule has 12 bridgehead atoms. The summed E-state index contributed by atoms with van der Waals surface area (Å²) in [4.78, 5) is 14.1. The monoisotopic (exact) mass is 727 g/mol. The highest BCUT2D eigenvalue weighted by Crippen LogP contribution is 2.54. The van der Waals surface area contributed by atoms with E-state index in [2.05, 4.69) is 32.3 Å². The number of hydrogen-bond acceptors (Lipinski definition) is 11. The van der Waals surface area contributed by atoms with Crippen molar-refractivity contribution in [3.63, 3.8) is 0 Å². The summed E-state index contributed by atoms with van der Waals surface area (Å²) >= 11 is 0. The Labute approximate surface area is 308 Å². The van der Waals surface area contributed by atoms with Gasteiger partial charge in [-0.2, -0.15) is 0 Å². The molecule has 0 saturated carbocycles. The topological polar surface area (TPSA) is 123 Å². The van der Waals surface area contributed by atoms with E-state index in [1.807, 2.05) is 7.05 Å². The predicted molar refractivity (Wildman–Crippen MR) is 190 cm³/mol. The maximum Gasteiger partial charge on any atom is 0.172 e. The highest BCUT2D eigenvalue weighted by Gasteiger charge is 2.68. The minimum absolute atomic E-state index is 0.00398.